The van der Waals surface area contributed by atoms with E-state index in [0.29, 0.717) is 17.9 Å². The van der Waals surface area contributed by atoms with E-state index in [4.69, 9.17) is 11.1 Å². The Morgan fingerprint density at radius 1 is 1.30 bits per heavy atom. The standard InChI is InChI=1S/C29H37FN4O6/c1-12(2)11-34-7-5-6-17(34)14-10-18(35)20-15(22(14)30)8-13-9-16-23(33(3)4)25(37)21(28(32)39)26(31)29(16,40)27(38)19(13)24(20)36/h10,12-13,16-17,19,21,23,31,35,40H,5-9,11H2,1-4H3,(H2,32,39). The molecule has 1 heterocycles. The topological polar surface area (TPSA) is 165 Å². The van der Waals surface area contributed by atoms with Crippen LogP contribution in [0, 0.1) is 40.8 Å². The Kier molecular flexibility index (Phi) is 6.99. The van der Waals surface area contributed by atoms with Gasteiger partial charge < -0.3 is 21.4 Å². The number of Topliss-reactive ketones (excluding diaryl/α,β-unsaturated/α-hetero) is 3. The van der Waals surface area contributed by atoms with E-state index in [9.17, 15) is 29.4 Å². The summed E-state index contributed by atoms with van der Waals surface area (Å²) in [7, 11) is 3.12. The van der Waals surface area contributed by atoms with Crippen LogP contribution in [0.2, 0.25) is 0 Å². The van der Waals surface area contributed by atoms with E-state index >= 15 is 4.39 Å². The molecule has 5 rings (SSSR count). The summed E-state index contributed by atoms with van der Waals surface area (Å²) in [6.07, 6.45) is 1.51. The molecule has 1 aliphatic heterocycles. The first-order chi connectivity index (χ1) is 18.7. The molecule has 3 fully saturated rings. The van der Waals surface area contributed by atoms with Crippen LogP contribution in [0.4, 0.5) is 4.39 Å². The molecule has 1 aromatic rings. The van der Waals surface area contributed by atoms with Gasteiger partial charge in [-0.05, 0) is 64.2 Å². The largest absolute Gasteiger partial charge is 0.507 e. The number of nitrogens with one attached hydrogen (secondary N) is 1. The monoisotopic (exact) mass is 556 g/mol. The number of amides is 1. The number of nitrogens with two attached hydrogens (primary N) is 1. The minimum atomic E-state index is -2.58. The highest BCUT2D eigenvalue weighted by Gasteiger charge is 2.67. The van der Waals surface area contributed by atoms with Crippen LogP contribution in [0.5, 0.6) is 5.75 Å². The van der Waals surface area contributed by atoms with E-state index in [-0.39, 0.29) is 30.0 Å². The zero-order valence-electron chi connectivity index (χ0n) is 23.2. The van der Waals surface area contributed by atoms with Gasteiger partial charge in [-0.1, -0.05) is 13.8 Å². The van der Waals surface area contributed by atoms with Gasteiger partial charge in [0.25, 0.3) is 0 Å². The van der Waals surface area contributed by atoms with Gasteiger partial charge in [-0.2, -0.15) is 0 Å². The Hall–Kier alpha value is -3.02. The molecule has 11 heteroatoms. The lowest BCUT2D eigenvalue weighted by Gasteiger charge is -2.53. The number of aromatic hydroxyl groups is 1. The van der Waals surface area contributed by atoms with Crippen LogP contribution in [0.1, 0.15) is 60.6 Å². The first-order valence-electron chi connectivity index (χ1n) is 13.9. The summed E-state index contributed by atoms with van der Waals surface area (Å²) in [5.41, 5.74) is 2.10. The number of hydrogen-bond acceptors (Lipinski definition) is 9. The van der Waals surface area contributed by atoms with Gasteiger partial charge in [0.15, 0.2) is 23.0 Å². The van der Waals surface area contributed by atoms with E-state index in [0.717, 1.165) is 19.5 Å². The average Bonchev–Trinajstić information content (AvgIpc) is 3.30. The second-order valence-corrected chi connectivity index (χ2v) is 12.5. The van der Waals surface area contributed by atoms with Crippen molar-refractivity contribution in [3.63, 3.8) is 0 Å². The van der Waals surface area contributed by atoms with Gasteiger partial charge in [-0.3, -0.25) is 29.0 Å². The Balaban J connectivity index is 1.59. The molecule has 0 radical (unpaired) electrons. The number of phenolic OH excluding ortho intramolecular Hbond substituents is 1. The maximum Gasteiger partial charge on any atom is 0.233 e. The number of fused-ring (bicyclic) bond motifs is 3. The van der Waals surface area contributed by atoms with Crippen molar-refractivity contribution in [3.05, 3.63) is 28.6 Å². The molecule has 216 valence electrons. The minimum absolute atomic E-state index is 0.0339. The molecule has 5 N–H and O–H groups in total. The number of carbonyl (C=O) groups is 4. The molecule has 1 saturated heterocycles. The number of carbonyl (C=O) groups excluding carboxylic acids is 4. The first-order valence-corrected chi connectivity index (χ1v) is 13.9. The number of likely N-dealkylation sites (N-methyl/N-ethyl adjacent to an activating group) is 1. The van der Waals surface area contributed by atoms with Crippen LogP contribution in [-0.4, -0.2) is 87.8 Å². The maximum absolute atomic E-state index is 16.2. The van der Waals surface area contributed by atoms with Crippen molar-refractivity contribution in [2.45, 2.75) is 57.2 Å². The van der Waals surface area contributed by atoms with Crippen molar-refractivity contribution in [1.29, 1.82) is 5.41 Å². The highest BCUT2D eigenvalue weighted by atomic mass is 19.1. The van der Waals surface area contributed by atoms with E-state index in [1.54, 1.807) is 14.1 Å². The van der Waals surface area contributed by atoms with Crippen LogP contribution in [-0.2, 0) is 20.8 Å². The molecule has 7 unspecified atom stereocenters. The zero-order valence-corrected chi connectivity index (χ0v) is 23.2. The van der Waals surface area contributed by atoms with Gasteiger partial charge in [0.1, 0.15) is 17.5 Å². The number of ketones is 3. The fraction of sp³-hybridized carbons (Fsp3) is 0.621. The Morgan fingerprint density at radius 2 is 1.98 bits per heavy atom. The van der Waals surface area contributed by atoms with Crippen LogP contribution in [0.3, 0.4) is 0 Å². The molecule has 2 saturated carbocycles. The third-order valence-electron chi connectivity index (χ3n) is 9.41. The summed E-state index contributed by atoms with van der Waals surface area (Å²) in [4.78, 5) is 56.8. The molecule has 1 amide bonds. The summed E-state index contributed by atoms with van der Waals surface area (Å²) in [6.45, 7) is 5.73. The lowest BCUT2D eigenvalue weighted by molar-refractivity contribution is -0.157. The Morgan fingerprint density at radius 3 is 2.58 bits per heavy atom. The van der Waals surface area contributed by atoms with Crippen molar-refractivity contribution >= 4 is 29.0 Å². The smallest absolute Gasteiger partial charge is 0.233 e. The summed E-state index contributed by atoms with van der Waals surface area (Å²) >= 11 is 0. The molecular formula is C29H37FN4O6. The molecule has 7 atom stereocenters. The molecule has 10 nitrogen and oxygen atoms in total. The zero-order chi connectivity index (χ0) is 29.4. The average molecular weight is 557 g/mol. The van der Waals surface area contributed by atoms with E-state index in [2.05, 4.69) is 18.7 Å². The third-order valence-corrected chi connectivity index (χ3v) is 9.41. The summed E-state index contributed by atoms with van der Waals surface area (Å²) < 4.78 is 16.2. The molecule has 40 heavy (non-hydrogen) atoms. The van der Waals surface area contributed by atoms with Gasteiger partial charge in [0.2, 0.25) is 5.91 Å². The van der Waals surface area contributed by atoms with Crippen molar-refractivity contribution in [1.82, 2.24) is 9.80 Å². The number of rotatable bonds is 5. The molecule has 3 aliphatic carbocycles. The highest BCUT2D eigenvalue weighted by Crippen LogP contribution is 2.52. The van der Waals surface area contributed by atoms with Gasteiger partial charge in [0, 0.05) is 29.6 Å². The van der Waals surface area contributed by atoms with Gasteiger partial charge in [0.05, 0.1) is 23.2 Å². The number of phenols is 1. The second-order valence-electron chi connectivity index (χ2n) is 12.5. The van der Waals surface area contributed by atoms with Crippen LogP contribution in [0.15, 0.2) is 6.07 Å². The number of likely N-dealkylation sites (tertiary alicyclic amines) is 1. The summed E-state index contributed by atoms with van der Waals surface area (Å²) in [5, 5.41) is 31.3. The number of nitrogens with zero attached hydrogens (tertiary/aromatic N) is 2. The fourth-order valence-electron chi connectivity index (χ4n) is 7.83. The van der Waals surface area contributed by atoms with Crippen molar-refractivity contribution in [2.75, 3.05) is 27.2 Å². The highest BCUT2D eigenvalue weighted by molar-refractivity contribution is 6.33. The lowest BCUT2D eigenvalue weighted by Crippen LogP contribution is -2.73. The Bertz CT molecular complexity index is 1330. The molecule has 1 aromatic carbocycles. The van der Waals surface area contributed by atoms with Gasteiger partial charge >= 0.3 is 0 Å². The predicted octanol–water partition coefficient (Wildman–Crippen LogP) is 1.25. The van der Waals surface area contributed by atoms with E-state index < -0.39 is 75.8 Å². The van der Waals surface area contributed by atoms with E-state index in [1.807, 2.05) is 0 Å². The minimum Gasteiger partial charge on any atom is -0.507 e. The number of halogens is 1. The molecular weight excluding hydrogens is 519 g/mol. The molecule has 0 bridgehead atoms. The fourth-order valence-corrected chi connectivity index (χ4v) is 7.83. The number of benzene rings is 1. The predicted molar refractivity (Wildman–Crippen MR) is 142 cm³/mol. The SMILES string of the molecule is CC(C)CN1CCCC1c1cc(O)c2c(c1F)CC1CC3C(N(C)C)C(=O)C(C(N)=O)C(=N)C3(O)C(=O)C1C2=O. The van der Waals surface area contributed by atoms with Crippen LogP contribution < -0.4 is 5.73 Å². The number of aliphatic hydroxyl groups is 1. The summed E-state index contributed by atoms with van der Waals surface area (Å²) in [5.74, 6) is -9.46. The van der Waals surface area contributed by atoms with E-state index in [1.165, 1.54) is 11.0 Å². The number of primary amides is 1. The maximum atomic E-state index is 16.2. The Labute approximate surface area is 232 Å². The van der Waals surface area contributed by atoms with Crippen molar-refractivity contribution in [3.8, 4) is 5.75 Å². The second kappa shape index (κ2) is 9.81. The lowest BCUT2D eigenvalue weighted by atomic mass is 9.52. The van der Waals surface area contributed by atoms with Crippen LogP contribution in [0.25, 0.3) is 0 Å². The summed E-state index contributed by atoms with van der Waals surface area (Å²) in [6, 6.07) is -0.0806. The van der Waals surface area contributed by atoms with Crippen LogP contribution >= 0.6 is 0 Å². The van der Waals surface area contributed by atoms with Gasteiger partial charge in [-0.15, -0.1) is 0 Å². The third kappa shape index (κ3) is 3.96. The molecule has 0 spiro atoms. The van der Waals surface area contributed by atoms with Crippen molar-refractivity contribution in [2.24, 2.45) is 35.3 Å². The first kappa shape index (κ1) is 28.5. The quantitative estimate of drug-likeness (QED) is 0.394. The van der Waals surface area contributed by atoms with Gasteiger partial charge in [-0.25, -0.2) is 4.39 Å². The normalized spacial score (nSPS) is 34.3. The van der Waals surface area contributed by atoms with Crippen molar-refractivity contribution < 1.29 is 33.8 Å². The molecule has 0 aromatic heterocycles. The number of hydrogen-bond donors (Lipinski definition) is 4. The molecule has 4 aliphatic rings.